The zero-order valence-electron chi connectivity index (χ0n) is 11.2. The van der Waals surface area contributed by atoms with Crippen molar-refractivity contribution in [3.05, 3.63) is 17.8 Å². The number of nitriles is 1. The van der Waals surface area contributed by atoms with Crippen LogP contribution in [0, 0.1) is 17.2 Å². The fourth-order valence-electron chi connectivity index (χ4n) is 1.85. The van der Waals surface area contributed by atoms with Gasteiger partial charge in [0.2, 0.25) is 0 Å². The van der Waals surface area contributed by atoms with Crippen LogP contribution < -0.4 is 11.1 Å². The first kappa shape index (κ1) is 14.3. The van der Waals surface area contributed by atoms with Crippen LogP contribution in [0.2, 0.25) is 0 Å². The van der Waals surface area contributed by atoms with Crippen LogP contribution >= 0.6 is 0 Å². The number of anilines is 2. The lowest BCUT2D eigenvalue weighted by Crippen LogP contribution is -2.14. The number of nitrogen functional groups attached to an aromatic ring is 1. The molecule has 0 radical (unpaired) electrons. The van der Waals surface area contributed by atoms with E-state index in [1.807, 2.05) is 12.1 Å². The van der Waals surface area contributed by atoms with Gasteiger partial charge in [-0.2, -0.15) is 5.26 Å². The van der Waals surface area contributed by atoms with Crippen molar-refractivity contribution in [3.8, 4) is 6.07 Å². The highest BCUT2D eigenvalue weighted by Crippen LogP contribution is 2.16. The van der Waals surface area contributed by atoms with E-state index in [0.717, 1.165) is 18.8 Å². The number of rotatable bonds is 7. The van der Waals surface area contributed by atoms with E-state index in [4.69, 9.17) is 11.0 Å². The molecule has 0 aromatic carbocycles. The van der Waals surface area contributed by atoms with E-state index in [1.54, 1.807) is 6.07 Å². The summed E-state index contributed by atoms with van der Waals surface area (Å²) in [5, 5.41) is 12.2. The summed E-state index contributed by atoms with van der Waals surface area (Å²) in [6, 6.07) is 5.54. The van der Waals surface area contributed by atoms with E-state index in [9.17, 15) is 0 Å². The van der Waals surface area contributed by atoms with Crippen LogP contribution in [0.25, 0.3) is 0 Å². The number of nitrogens with one attached hydrogen (secondary N) is 1. The second-order valence-corrected chi connectivity index (χ2v) is 4.54. The molecule has 4 nitrogen and oxygen atoms in total. The Kier molecular flexibility index (Phi) is 5.99. The van der Waals surface area contributed by atoms with Gasteiger partial charge in [0, 0.05) is 6.54 Å². The SMILES string of the molecule is CCCCC(CC)CNc1ccc(N)c(C#N)n1. The number of hydrogen-bond acceptors (Lipinski definition) is 4. The predicted molar refractivity (Wildman–Crippen MR) is 75.2 cm³/mol. The smallest absolute Gasteiger partial charge is 0.165 e. The highest BCUT2D eigenvalue weighted by molar-refractivity contribution is 5.54. The molecule has 0 fully saturated rings. The van der Waals surface area contributed by atoms with Gasteiger partial charge in [0.1, 0.15) is 11.9 Å². The summed E-state index contributed by atoms with van der Waals surface area (Å²) in [5.74, 6) is 1.39. The molecular weight excluding hydrogens is 224 g/mol. The van der Waals surface area contributed by atoms with E-state index in [2.05, 4.69) is 24.1 Å². The minimum Gasteiger partial charge on any atom is -0.396 e. The molecule has 0 aliphatic heterocycles. The molecule has 0 bridgehead atoms. The van der Waals surface area contributed by atoms with E-state index >= 15 is 0 Å². The summed E-state index contributed by atoms with van der Waals surface area (Å²) in [7, 11) is 0. The van der Waals surface area contributed by atoms with Crippen molar-refractivity contribution in [2.45, 2.75) is 39.5 Å². The number of pyridine rings is 1. The Bertz CT molecular complexity index is 409. The van der Waals surface area contributed by atoms with Crippen LogP contribution in [-0.4, -0.2) is 11.5 Å². The molecule has 0 spiro atoms. The standard InChI is InChI=1S/C14H22N4/c1-3-5-6-11(4-2)10-17-14-8-7-12(16)13(9-15)18-14/h7-8,11H,3-6,10,16H2,1-2H3,(H,17,18). The van der Waals surface area contributed by atoms with E-state index in [-0.39, 0.29) is 0 Å². The summed E-state index contributed by atoms with van der Waals surface area (Å²) >= 11 is 0. The summed E-state index contributed by atoms with van der Waals surface area (Å²) in [6.07, 6.45) is 4.89. The van der Waals surface area contributed by atoms with Gasteiger partial charge < -0.3 is 11.1 Å². The Hall–Kier alpha value is -1.76. The maximum absolute atomic E-state index is 8.86. The second kappa shape index (κ2) is 7.54. The summed E-state index contributed by atoms with van der Waals surface area (Å²) in [4.78, 5) is 4.18. The molecule has 0 saturated heterocycles. The highest BCUT2D eigenvalue weighted by atomic mass is 15.0. The zero-order chi connectivity index (χ0) is 13.4. The molecule has 3 N–H and O–H groups in total. The third-order valence-electron chi connectivity index (χ3n) is 3.15. The Morgan fingerprint density at radius 2 is 2.22 bits per heavy atom. The van der Waals surface area contributed by atoms with Crippen LogP contribution in [-0.2, 0) is 0 Å². The first-order chi connectivity index (χ1) is 8.71. The average Bonchev–Trinajstić information content (AvgIpc) is 2.40. The average molecular weight is 246 g/mol. The topological polar surface area (TPSA) is 74.7 Å². The van der Waals surface area contributed by atoms with E-state index < -0.39 is 0 Å². The lowest BCUT2D eigenvalue weighted by molar-refractivity contribution is 0.472. The van der Waals surface area contributed by atoms with E-state index in [0.29, 0.717) is 17.3 Å². The number of hydrogen-bond donors (Lipinski definition) is 2. The maximum atomic E-state index is 8.86. The van der Waals surface area contributed by atoms with Gasteiger partial charge in [0.25, 0.3) is 0 Å². The molecule has 0 amide bonds. The number of nitrogens with two attached hydrogens (primary N) is 1. The molecule has 1 atom stereocenters. The molecule has 0 aliphatic rings. The fourth-order valence-corrected chi connectivity index (χ4v) is 1.85. The summed E-state index contributed by atoms with van der Waals surface area (Å²) < 4.78 is 0. The molecule has 0 saturated carbocycles. The van der Waals surface area contributed by atoms with Gasteiger partial charge in [0.15, 0.2) is 5.69 Å². The molecule has 18 heavy (non-hydrogen) atoms. The van der Waals surface area contributed by atoms with Crippen LogP contribution in [0.1, 0.15) is 45.2 Å². The van der Waals surface area contributed by atoms with Crippen LogP contribution in [0.5, 0.6) is 0 Å². The second-order valence-electron chi connectivity index (χ2n) is 4.54. The zero-order valence-corrected chi connectivity index (χ0v) is 11.2. The molecule has 1 rings (SSSR count). The van der Waals surface area contributed by atoms with Crippen molar-refractivity contribution < 1.29 is 0 Å². The third-order valence-corrected chi connectivity index (χ3v) is 3.15. The highest BCUT2D eigenvalue weighted by Gasteiger charge is 2.07. The molecule has 1 unspecified atom stereocenters. The first-order valence-corrected chi connectivity index (χ1v) is 6.61. The largest absolute Gasteiger partial charge is 0.396 e. The molecule has 1 aromatic heterocycles. The molecule has 1 aromatic rings. The van der Waals surface area contributed by atoms with Crippen molar-refractivity contribution in [2.24, 2.45) is 5.92 Å². The lowest BCUT2D eigenvalue weighted by Gasteiger charge is -2.15. The predicted octanol–water partition coefficient (Wildman–Crippen LogP) is 3.16. The fraction of sp³-hybridized carbons (Fsp3) is 0.571. The maximum Gasteiger partial charge on any atom is 0.165 e. The first-order valence-electron chi connectivity index (χ1n) is 6.61. The molecular formula is C14H22N4. The molecule has 98 valence electrons. The quantitative estimate of drug-likeness (QED) is 0.775. The van der Waals surface area contributed by atoms with Crippen molar-refractivity contribution >= 4 is 11.5 Å². The Morgan fingerprint density at radius 1 is 1.44 bits per heavy atom. The van der Waals surface area contributed by atoms with Crippen molar-refractivity contribution in [1.29, 1.82) is 5.26 Å². The van der Waals surface area contributed by atoms with Gasteiger partial charge in [-0.15, -0.1) is 0 Å². The van der Waals surface area contributed by atoms with Gasteiger partial charge in [-0.3, -0.25) is 0 Å². The van der Waals surface area contributed by atoms with Gasteiger partial charge in [-0.1, -0.05) is 33.1 Å². The summed E-state index contributed by atoms with van der Waals surface area (Å²) in [5.41, 5.74) is 6.36. The normalized spacial score (nSPS) is 11.8. The van der Waals surface area contributed by atoms with Crippen LogP contribution in [0.3, 0.4) is 0 Å². The Morgan fingerprint density at radius 3 is 2.83 bits per heavy atom. The van der Waals surface area contributed by atoms with Gasteiger partial charge in [-0.25, -0.2) is 4.98 Å². The van der Waals surface area contributed by atoms with Crippen molar-refractivity contribution in [1.82, 2.24) is 4.98 Å². The van der Waals surface area contributed by atoms with Gasteiger partial charge >= 0.3 is 0 Å². The number of nitrogens with zero attached hydrogens (tertiary/aromatic N) is 2. The van der Waals surface area contributed by atoms with E-state index in [1.165, 1.54) is 19.3 Å². The number of aromatic nitrogens is 1. The number of unbranched alkanes of at least 4 members (excludes halogenated alkanes) is 1. The Balaban J connectivity index is 2.54. The minimum absolute atomic E-state index is 0.293. The van der Waals surface area contributed by atoms with Crippen LogP contribution in [0.4, 0.5) is 11.5 Å². The molecule has 1 heterocycles. The Labute approximate surface area is 109 Å². The van der Waals surface area contributed by atoms with Crippen LogP contribution in [0.15, 0.2) is 12.1 Å². The van der Waals surface area contributed by atoms with Crippen molar-refractivity contribution in [2.75, 3.05) is 17.6 Å². The van der Waals surface area contributed by atoms with Gasteiger partial charge in [0.05, 0.1) is 5.69 Å². The molecule has 4 heteroatoms. The minimum atomic E-state index is 0.293. The van der Waals surface area contributed by atoms with Crippen molar-refractivity contribution in [3.63, 3.8) is 0 Å². The lowest BCUT2D eigenvalue weighted by atomic mass is 9.99. The third kappa shape index (κ3) is 4.25. The molecule has 0 aliphatic carbocycles. The monoisotopic (exact) mass is 246 g/mol. The summed E-state index contributed by atoms with van der Waals surface area (Å²) in [6.45, 7) is 5.32. The van der Waals surface area contributed by atoms with Gasteiger partial charge in [-0.05, 0) is 24.5 Å².